The van der Waals surface area contributed by atoms with Crippen LogP contribution in [0.25, 0.3) is 22.0 Å². The maximum atomic E-state index is 12.6. The van der Waals surface area contributed by atoms with Gasteiger partial charge < -0.3 is 4.74 Å². The zero-order valence-corrected chi connectivity index (χ0v) is 16.8. The molecule has 4 rings (SSSR count). The number of carbonyl (C=O) groups is 1. The van der Waals surface area contributed by atoms with Gasteiger partial charge in [0.15, 0.2) is 0 Å². The van der Waals surface area contributed by atoms with Crippen molar-refractivity contribution in [3.63, 3.8) is 0 Å². The third-order valence-corrected chi connectivity index (χ3v) is 5.70. The van der Waals surface area contributed by atoms with Crippen LogP contribution in [0, 0.1) is 0 Å². The fourth-order valence-corrected chi connectivity index (χ4v) is 4.54. The smallest absolute Gasteiger partial charge is 0.410 e. The average Bonchev–Trinajstić information content (AvgIpc) is 3.29. The summed E-state index contributed by atoms with van der Waals surface area (Å²) in [5.41, 5.74) is 1.63. The molecule has 0 aliphatic carbocycles. The highest BCUT2D eigenvalue weighted by molar-refractivity contribution is 7.10. The first kappa shape index (κ1) is 18.0. The zero-order valence-electron chi connectivity index (χ0n) is 15.9. The number of likely N-dealkylation sites (tertiary alicyclic amines) is 1. The van der Waals surface area contributed by atoms with E-state index in [1.54, 1.807) is 11.3 Å². The van der Waals surface area contributed by atoms with Crippen LogP contribution in [0.5, 0.6) is 0 Å². The molecule has 1 atom stereocenters. The average molecular weight is 381 g/mol. The molecule has 2 aromatic carbocycles. The normalized spacial score (nSPS) is 17.4. The molecule has 0 unspecified atom stereocenters. The molecule has 0 spiro atoms. The van der Waals surface area contributed by atoms with Gasteiger partial charge >= 0.3 is 6.09 Å². The topological polar surface area (TPSA) is 42.4 Å². The summed E-state index contributed by atoms with van der Waals surface area (Å²) in [6.45, 7) is 6.43. The number of hydrogen-bond acceptors (Lipinski definition) is 4. The van der Waals surface area contributed by atoms with Gasteiger partial charge in [-0.2, -0.15) is 0 Å². The molecular formula is C22H24N2O2S. The number of thiazole rings is 1. The Bertz CT molecular complexity index is 968. The van der Waals surface area contributed by atoms with Crippen molar-refractivity contribution in [2.24, 2.45) is 0 Å². The van der Waals surface area contributed by atoms with E-state index in [1.807, 2.05) is 25.7 Å². The Balaban J connectivity index is 1.63. The van der Waals surface area contributed by atoms with E-state index in [2.05, 4.69) is 47.8 Å². The van der Waals surface area contributed by atoms with Crippen molar-refractivity contribution in [2.75, 3.05) is 6.54 Å². The predicted molar refractivity (Wildman–Crippen MR) is 110 cm³/mol. The van der Waals surface area contributed by atoms with Crippen LogP contribution in [-0.4, -0.2) is 28.1 Å². The summed E-state index contributed by atoms with van der Waals surface area (Å²) in [4.78, 5) is 19.3. The van der Waals surface area contributed by atoms with E-state index < -0.39 is 5.60 Å². The van der Waals surface area contributed by atoms with Crippen molar-refractivity contribution in [3.05, 3.63) is 52.9 Å². The zero-order chi connectivity index (χ0) is 19.0. The van der Waals surface area contributed by atoms with E-state index in [0.29, 0.717) is 0 Å². The molecule has 140 valence electrons. The number of ether oxygens (including phenoxy) is 1. The van der Waals surface area contributed by atoms with Crippen LogP contribution in [-0.2, 0) is 4.74 Å². The summed E-state index contributed by atoms with van der Waals surface area (Å²) in [7, 11) is 0. The summed E-state index contributed by atoms with van der Waals surface area (Å²) in [5, 5.41) is 5.50. The monoisotopic (exact) mass is 380 g/mol. The third kappa shape index (κ3) is 3.69. The van der Waals surface area contributed by atoms with Gasteiger partial charge in [0.25, 0.3) is 0 Å². The van der Waals surface area contributed by atoms with E-state index in [4.69, 9.17) is 9.72 Å². The van der Waals surface area contributed by atoms with Crippen LogP contribution in [0.4, 0.5) is 4.79 Å². The van der Waals surface area contributed by atoms with Gasteiger partial charge in [-0.15, -0.1) is 11.3 Å². The fourth-order valence-electron chi connectivity index (χ4n) is 3.58. The Hall–Kier alpha value is -2.40. The second-order valence-electron chi connectivity index (χ2n) is 7.93. The minimum atomic E-state index is -0.485. The molecule has 0 saturated carbocycles. The number of aromatic nitrogens is 1. The van der Waals surface area contributed by atoms with Crippen LogP contribution < -0.4 is 0 Å². The van der Waals surface area contributed by atoms with E-state index in [-0.39, 0.29) is 12.1 Å². The molecule has 1 aliphatic rings. The highest BCUT2D eigenvalue weighted by atomic mass is 32.1. The summed E-state index contributed by atoms with van der Waals surface area (Å²) >= 11 is 1.63. The van der Waals surface area contributed by atoms with Crippen molar-refractivity contribution < 1.29 is 9.53 Å². The SMILES string of the molecule is CC(C)(C)OC(=O)N1CCC[C@H]1c1nc(-c2cccc3ccccc23)cs1. The van der Waals surface area contributed by atoms with E-state index in [9.17, 15) is 4.79 Å². The lowest BCUT2D eigenvalue weighted by atomic mass is 10.0. The first-order chi connectivity index (χ1) is 12.9. The molecular weight excluding hydrogens is 356 g/mol. The van der Waals surface area contributed by atoms with E-state index in [1.165, 1.54) is 10.8 Å². The van der Waals surface area contributed by atoms with Gasteiger partial charge in [0, 0.05) is 17.5 Å². The maximum absolute atomic E-state index is 12.6. The lowest BCUT2D eigenvalue weighted by molar-refractivity contribution is 0.0224. The van der Waals surface area contributed by atoms with Crippen molar-refractivity contribution in [1.29, 1.82) is 0 Å². The van der Waals surface area contributed by atoms with Crippen molar-refractivity contribution in [3.8, 4) is 11.3 Å². The molecule has 0 N–H and O–H groups in total. The van der Waals surface area contributed by atoms with Crippen molar-refractivity contribution in [2.45, 2.75) is 45.3 Å². The minimum Gasteiger partial charge on any atom is -0.444 e. The number of carbonyl (C=O) groups excluding carboxylic acids is 1. The highest BCUT2D eigenvalue weighted by Gasteiger charge is 2.34. The number of rotatable bonds is 2. The minimum absolute atomic E-state index is 0.00794. The van der Waals surface area contributed by atoms with Crippen LogP contribution in [0.3, 0.4) is 0 Å². The van der Waals surface area contributed by atoms with Gasteiger partial charge in [-0.3, -0.25) is 4.90 Å². The molecule has 1 fully saturated rings. The van der Waals surface area contributed by atoms with Crippen LogP contribution in [0.2, 0.25) is 0 Å². The second-order valence-corrected chi connectivity index (χ2v) is 8.82. The number of benzene rings is 2. The molecule has 5 heteroatoms. The molecule has 1 saturated heterocycles. The van der Waals surface area contributed by atoms with Crippen LogP contribution in [0.15, 0.2) is 47.8 Å². The molecule has 0 radical (unpaired) electrons. The first-order valence-corrected chi connectivity index (χ1v) is 10.2. The van der Waals surface area contributed by atoms with Crippen LogP contribution in [0.1, 0.15) is 44.7 Å². The summed E-state index contributed by atoms with van der Waals surface area (Å²) < 4.78 is 5.59. The summed E-state index contributed by atoms with van der Waals surface area (Å²) in [5.74, 6) is 0. The highest BCUT2D eigenvalue weighted by Crippen LogP contribution is 2.37. The molecule has 4 nitrogen and oxygen atoms in total. The van der Waals surface area contributed by atoms with Gasteiger partial charge in [0.1, 0.15) is 10.6 Å². The van der Waals surface area contributed by atoms with Crippen molar-refractivity contribution in [1.82, 2.24) is 9.88 Å². The molecule has 1 amide bonds. The summed E-state index contributed by atoms with van der Waals surface area (Å²) in [6, 6.07) is 14.7. The molecule has 2 heterocycles. The number of nitrogens with zero attached hydrogens (tertiary/aromatic N) is 2. The van der Waals surface area contributed by atoms with E-state index in [0.717, 1.165) is 35.7 Å². The molecule has 0 bridgehead atoms. The van der Waals surface area contributed by atoms with Gasteiger partial charge in [-0.25, -0.2) is 9.78 Å². The Morgan fingerprint density at radius 2 is 1.96 bits per heavy atom. The largest absolute Gasteiger partial charge is 0.444 e. The quantitative estimate of drug-likeness (QED) is 0.545. The Kier molecular flexibility index (Phi) is 4.64. The molecule has 1 aliphatic heterocycles. The second kappa shape index (κ2) is 6.97. The molecule has 27 heavy (non-hydrogen) atoms. The van der Waals surface area contributed by atoms with E-state index >= 15 is 0 Å². The number of amides is 1. The van der Waals surface area contributed by atoms with Gasteiger partial charge in [-0.1, -0.05) is 42.5 Å². The Morgan fingerprint density at radius 1 is 1.19 bits per heavy atom. The van der Waals surface area contributed by atoms with Crippen molar-refractivity contribution >= 4 is 28.2 Å². The lowest BCUT2D eigenvalue weighted by Crippen LogP contribution is -2.36. The Morgan fingerprint density at radius 3 is 2.78 bits per heavy atom. The fraction of sp³-hybridized carbons (Fsp3) is 0.364. The maximum Gasteiger partial charge on any atom is 0.410 e. The molecule has 3 aromatic rings. The van der Waals surface area contributed by atoms with Gasteiger partial charge in [0.05, 0.1) is 11.7 Å². The van der Waals surface area contributed by atoms with Crippen LogP contribution >= 0.6 is 11.3 Å². The number of hydrogen-bond donors (Lipinski definition) is 0. The predicted octanol–water partition coefficient (Wildman–Crippen LogP) is 6.04. The molecule has 1 aromatic heterocycles. The standard InChI is InChI=1S/C22H24N2O2S/c1-22(2,3)26-21(25)24-13-7-12-19(24)20-23-18(14-27-20)17-11-6-9-15-8-4-5-10-16(15)17/h4-6,8-11,14,19H,7,12-13H2,1-3H3/t19-/m0/s1. The van der Waals surface area contributed by atoms with Gasteiger partial charge in [-0.05, 0) is 44.4 Å². The first-order valence-electron chi connectivity index (χ1n) is 9.35. The lowest BCUT2D eigenvalue weighted by Gasteiger charge is -2.27. The summed E-state index contributed by atoms with van der Waals surface area (Å²) in [6.07, 6.45) is 1.67. The van der Waals surface area contributed by atoms with Gasteiger partial charge in [0.2, 0.25) is 0 Å². The third-order valence-electron chi connectivity index (χ3n) is 4.75. The number of fused-ring (bicyclic) bond motifs is 1. The Labute approximate surface area is 163 Å².